The van der Waals surface area contributed by atoms with Crippen molar-refractivity contribution >= 4 is 44.8 Å². The topological polar surface area (TPSA) is 46.2 Å². The summed E-state index contributed by atoms with van der Waals surface area (Å²) >= 11 is 8.65. The molecule has 0 saturated carbocycles. The van der Waals surface area contributed by atoms with Crippen LogP contribution >= 0.6 is 28.1 Å². The molecule has 0 aliphatic rings. The van der Waals surface area contributed by atoms with E-state index in [1.165, 1.54) is 0 Å². The lowest BCUT2D eigenvalue weighted by Gasteiger charge is -2.13. The van der Waals surface area contributed by atoms with Gasteiger partial charge in [-0.25, -0.2) is 4.98 Å². The Morgan fingerprint density at radius 1 is 1.21 bits per heavy atom. The van der Waals surface area contributed by atoms with E-state index in [0.29, 0.717) is 10.9 Å². The maximum atomic E-state index is 5.25. The fourth-order valence-corrected chi connectivity index (χ4v) is 2.05. The number of ether oxygens (including phenoxy) is 1. The van der Waals surface area contributed by atoms with E-state index in [1.54, 1.807) is 13.3 Å². The van der Waals surface area contributed by atoms with Gasteiger partial charge in [-0.3, -0.25) is 0 Å². The number of halogens is 1. The summed E-state index contributed by atoms with van der Waals surface area (Å²) in [7, 11) is 1.62. The SMILES string of the molecule is COc1ccccc1NC(=S)Nc1ncccc1Br. The molecular formula is C13H12BrN3OS. The first kappa shape index (κ1) is 13.8. The minimum atomic E-state index is 0.448. The quantitative estimate of drug-likeness (QED) is 0.837. The Labute approximate surface area is 125 Å². The van der Waals surface area contributed by atoms with Crippen LogP contribution in [0.4, 0.5) is 11.5 Å². The third-order valence-corrected chi connectivity index (χ3v) is 3.19. The van der Waals surface area contributed by atoms with E-state index in [-0.39, 0.29) is 0 Å². The predicted molar refractivity (Wildman–Crippen MR) is 84.8 cm³/mol. The highest BCUT2D eigenvalue weighted by molar-refractivity contribution is 9.10. The average molecular weight is 338 g/mol. The molecule has 0 radical (unpaired) electrons. The number of hydrogen-bond donors (Lipinski definition) is 2. The smallest absolute Gasteiger partial charge is 0.176 e. The van der Waals surface area contributed by atoms with Crippen LogP contribution in [-0.2, 0) is 0 Å². The molecule has 0 saturated heterocycles. The molecule has 0 atom stereocenters. The van der Waals surface area contributed by atoms with Crippen LogP contribution in [0.3, 0.4) is 0 Å². The third kappa shape index (κ3) is 3.65. The molecule has 2 aromatic rings. The van der Waals surface area contributed by atoms with Crippen LogP contribution in [-0.4, -0.2) is 17.2 Å². The molecule has 0 aliphatic heterocycles. The number of para-hydroxylation sites is 2. The summed E-state index contributed by atoms with van der Waals surface area (Å²) in [5.74, 6) is 1.39. The second kappa shape index (κ2) is 6.49. The molecule has 98 valence electrons. The summed E-state index contributed by atoms with van der Waals surface area (Å²) in [6.45, 7) is 0. The summed E-state index contributed by atoms with van der Waals surface area (Å²) in [5.41, 5.74) is 0.801. The van der Waals surface area contributed by atoms with E-state index in [2.05, 4.69) is 31.5 Å². The van der Waals surface area contributed by atoms with Crippen molar-refractivity contribution in [1.29, 1.82) is 0 Å². The van der Waals surface area contributed by atoms with Crippen LogP contribution in [0.1, 0.15) is 0 Å². The third-order valence-electron chi connectivity index (χ3n) is 2.35. The second-order valence-corrected chi connectivity index (χ2v) is 4.88. The predicted octanol–water partition coefficient (Wildman–Crippen LogP) is 3.66. The van der Waals surface area contributed by atoms with Gasteiger partial charge in [-0.2, -0.15) is 0 Å². The monoisotopic (exact) mass is 337 g/mol. The molecule has 2 rings (SSSR count). The van der Waals surface area contributed by atoms with Crippen LogP contribution in [0.2, 0.25) is 0 Å². The highest BCUT2D eigenvalue weighted by atomic mass is 79.9. The van der Waals surface area contributed by atoms with Gasteiger partial charge >= 0.3 is 0 Å². The van der Waals surface area contributed by atoms with Crippen LogP contribution in [0.15, 0.2) is 47.1 Å². The Kier molecular flexibility index (Phi) is 4.70. The van der Waals surface area contributed by atoms with Gasteiger partial charge in [0.15, 0.2) is 5.11 Å². The molecule has 0 unspecified atom stereocenters. The summed E-state index contributed by atoms with van der Waals surface area (Å²) in [6, 6.07) is 11.3. The van der Waals surface area contributed by atoms with Crippen molar-refractivity contribution in [3.63, 3.8) is 0 Å². The molecule has 4 nitrogen and oxygen atoms in total. The van der Waals surface area contributed by atoms with Crippen molar-refractivity contribution in [3.8, 4) is 5.75 Å². The molecular weight excluding hydrogens is 326 g/mol. The molecule has 0 bridgehead atoms. The number of aromatic nitrogens is 1. The Hall–Kier alpha value is -1.66. The number of pyridine rings is 1. The molecule has 0 spiro atoms. The van der Waals surface area contributed by atoms with Crippen LogP contribution in [0.25, 0.3) is 0 Å². The molecule has 0 aliphatic carbocycles. The van der Waals surface area contributed by atoms with Gasteiger partial charge in [0.1, 0.15) is 11.6 Å². The average Bonchev–Trinajstić information content (AvgIpc) is 2.42. The Morgan fingerprint density at radius 3 is 2.74 bits per heavy atom. The molecule has 1 aromatic carbocycles. The van der Waals surface area contributed by atoms with Crippen LogP contribution < -0.4 is 15.4 Å². The number of nitrogens with zero attached hydrogens (tertiary/aromatic N) is 1. The Bertz CT molecular complexity index is 592. The Balaban J connectivity index is 2.08. The van der Waals surface area contributed by atoms with Gasteiger partial charge in [-0.15, -0.1) is 0 Å². The highest BCUT2D eigenvalue weighted by Gasteiger charge is 2.06. The first-order chi connectivity index (χ1) is 9.20. The number of nitrogens with one attached hydrogen (secondary N) is 2. The summed E-state index contributed by atoms with van der Waals surface area (Å²) in [5, 5.41) is 6.54. The van der Waals surface area contributed by atoms with Crippen LogP contribution in [0.5, 0.6) is 5.75 Å². The number of benzene rings is 1. The van der Waals surface area contributed by atoms with Crippen LogP contribution in [0, 0.1) is 0 Å². The first-order valence-corrected chi connectivity index (χ1v) is 6.72. The largest absolute Gasteiger partial charge is 0.495 e. The molecule has 1 aromatic heterocycles. The van der Waals surface area contributed by atoms with E-state index in [4.69, 9.17) is 17.0 Å². The zero-order valence-electron chi connectivity index (χ0n) is 10.2. The Morgan fingerprint density at radius 2 is 2.00 bits per heavy atom. The highest BCUT2D eigenvalue weighted by Crippen LogP contribution is 2.24. The molecule has 6 heteroatoms. The van der Waals surface area contributed by atoms with E-state index < -0.39 is 0 Å². The van der Waals surface area contributed by atoms with Gasteiger partial charge in [0.2, 0.25) is 0 Å². The fourth-order valence-electron chi connectivity index (χ4n) is 1.49. The number of thiocarbonyl (C=S) groups is 1. The van der Waals surface area contributed by atoms with E-state index in [9.17, 15) is 0 Å². The number of hydrogen-bond acceptors (Lipinski definition) is 3. The normalized spacial score (nSPS) is 9.79. The summed E-state index contributed by atoms with van der Waals surface area (Å²) < 4.78 is 6.09. The molecule has 0 fully saturated rings. The lowest BCUT2D eigenvalue weighted by Crippen LogP contribution is -2.20. The number of anilines is 2. The van der Waals surface area contributed by atoms with Gasteiger partial charge in [0.05, 0.1) is 17.3 Å². The van der Waals surface area contributed by atoms with Crippen molar-refractivity contribution in [3.05, 3.63) is 47.1 Å². The second-order valence-electron chi connectivity index (χ2n) is 3.61. The van der Waals surface area contributed by atoms with E-state index in [0.717, 1.165) is 15.9 Å². The van der Waals surface area contributed by atoms with E-state index in [1.807, 2.05) is 36.4 Å². The van der Waals surface area contributed by atoms with Crippen molar-refractivity contribution < 1.29 is 4.74 Å². The fraction of sp³-hybridized carbons (Fsp3) is 0.0769. The van der Waals surface area contributed by atoms with Gasteiger partial charge < -0.3 is 15.4 Å². The lowest BCUT2D eigenvalue weighted by atomic mass is 10.3. The van der Waals surface area contributed by atoms with Gasteiger partial charge in [-0.1, -0.05) is 12.1 Å². The zero-order valence-corrected chi connectivity index (χ0v) is 12.6. The van der Waals surface area contributed by atoms with E-state index >= 15 is 0 Å². The molecule has 1 heterocycles. The maximum Gasteiger partial charge on any atom is 0.176 e. The number of methoxy groups -OCH3 is 1. The van der Waals surface area contributed by atoms with Crippen molar-refractivity contribution in [2.45, 2.75) is 0 Å². The summed E-state index contributed by atoms with van der Waals surface area (Å²) in [4.78, 5) is 4.19. The van der Waals surface area contributed by atoms with Crippen molar-refractivity contribution in [2.75, 3.05) is 17.7 Å². The lowest BCUT2D eigenvalue weighted by molar-refractivity contribution is 0.417. The molecule has 2 N–H and O–H groups in total. The molecule has 0 amide bonds. The van der Waals surface area contributed by atoms with Crippen molar-refractivity contribution in [2.24, 2.45) is 0 Å². The van der Waals surface area contributed by atoms with Crippen molar-refractivity contribution in [1.82, 2.24) is 4.98 Å². The summed E-state index contributed by atoms with van der Waals surface area (Å²) in [6.07, 6.45) is 1.69. The number of rotatable bonds is 3. The first-order valence-electron chi connectivity index (χ1n) is 5.52. The van der Waals surface area contributed by atoms with Gasteiger partial charge in [-0.05, 0) is 52.4 Å². The van der Waals surface area contributed by atoms with Gasteiger partial charge in [0, 0.05) is 6.20 Å². The molecule has 19 heavy (non-hydrogen) atoms. The zero-order chi connectivity index (χ0) is 13.7. The minimum Gasteiger partial charge on any atom is -0.495 e. The maximum absolute atomic E-state index is 5.25. The standard InChI is InChI=1S/C13H12BrN3OS/c1-18-11-7-3-2-6-10(11)16-13(19)17-12-9(14)5-4-8-15-12/h2-8H,1H3,(H2,15,16,17,19). The van der Waals surface area contributed by atoms with Gasteiger partial charge in [0.25, 0.3) is 0 Å². The minimum absolute atomic E-state index is 0.448.